The van der Waals surface area contributed by atoms with Crippen molar-refractivity contribution >= 4 is 5.91 Å². The van der Waals surface area contributed by atoms with Crippen molar-refractivity contribution in [3.63, 3.8) is 0 Å². The van der Waals surface area contributed by atoms with Crippen molar-refractivity contribution in [1.82, 2.24) is 29.8 Å². The van der Waals surface area contributed by atoms with Gasteiger partial charge in [0.15, 0.2) is 0 Å². The van der Waals surface area contributed by atoms with E-state index in [2.05, 4.69) is 20.3 Å². The molecular weight excluding hydrogens is 356 g/mol. The standard InChI is InChI=1S/C20H18N6O2/c1-14-5-3-6-15(9-14)19-23-18(28-24-19)11-25(2)20(27)16-7-4-8-17(10-16)26-12-21-22-13-26/h3-10,12-13H,11H2,1-2H3. The zero-order valence-corrected chi connectivity index (χ0v) is 15.5. The number of rotatable bonds is 5. The van der Waals surface area contributed by atoms with E-state index in [0.717, 1.165) is 16.8 Å². The number of nitrogens with zero attached hydrogens (tertiary/aromatic N) is 6. The van der Waals surface area contributed by atoms with Crippen molar-refractivity contribution in [3.8, 4) is 17.1 Å². The van der Waals surface area contributed by atoms with E-state index in [1.807, 2.05) is 43.3 Å². The summed E-state index contributed by atoms with van der Waals surface area (Å²) in [6.07, 6.45) is 3.16. The van der Waals surface area contributed by atoms with Gasteiger partial charge in [-0.3, -0.25) is 9.36 Å². The van der Waals surface area contributed by atoms with Crippen LogP contribution in [0.25, 0.3) is 17.1 Å². The number of aromatic nitrogens is 5. The second-order valence-corrected chi connectivity index (χ2v) is 6.46. The highest BCUT2D eigenvalue weighted by atomic mass is 16.5. The van der Waals surface area contributed by atoms with Gasteiger partial charge >= 0.3 is 0 Å². The molecule has 0 atom stereocenters. The highest BCUT2D eigenvalue weighted by Crippen LogP contribution is 2.18. The average molecular weight is 374 g/mol. The maximum absolute atomic E-state index is 12.8. The summed E-state index contributed by atoms with van der Waals surface area (Å²) in [5.74, 6) is 0.738. The van der Waals surface area contributed by atoms with E-state index in [4.69, 9.17) is 4.52 Å². The van der Waals surface area contributed by atoms with Crippen molar-refractivity contribution in [2.24, 2.45) is 0 Å². The van der Waals surface area contributed by atoms with Crippen molar-refractivity contribution in [2.45, 2.75) is 13.5 Å². The van der Waals surface area contributed by atoms with Crippen LogP contribution in [0, 0.1) is 6.92 Å². The van der Waals surface area contributed by atoms with Crippen LogP contribution in [-0.2, 0) is 6.54 Å². The van der Waals surface area contributed by atoms with Crippen LogP contribution in [0.3, 0.4) is 0 Å². The molecule has 140 valence electrons. The second kappa shape index (κ2) is 7.43. The Balaban J connectivity index is 1.49. The third kappa shape index (κ3) is 3.66. The number of carbonyl (C=O) groups is 1. The van der Waals surface area contributed by atoms with Crippen LogP contribution in [0.2, 0.25) is 0 Å². The molecule has 2 aromatic carbocycles. The van der Waals surface area contributed by atoms with Crippen LogP contribution in [-0.4, -0.2) is 42.8 Å². The van der Waals surface area contributed by atoms with E-state index in [9.17, 15) is 4.79 Å². The minimum Gasteiger partial charge on any atom is -0.337 e. The quantitative estimate of drug-likeness (QED) is 0.534. The smallest absolute Gasteiger partial charge is 0.254 e. The summed E-state index contributed by atoms with van der Waals surface area (Å²) in [7, 11) is 1.70. The second-order valence-electron chi connectivity index (χ2n) is 6.46. The van der Waals surface area contributed by atoms with E-state index >= 15 is 0 Å². The van der Waals surface area contributed by atoms with Crippen LogP contribution < -0.4 is 0 Å². The molecule has 0 bridgehead atoms. The number of amides is 1. The predicted octanol–water partition coefficient (Wildman–Crippen LogP) is 2.90. The average Bonchev–Trinajstić information content (AvgIpc) is 3.40. The number of hydrogen-bond acceptors (Lipinski definition) is 6. The Labute approximate surface area is 161 Å². The van der Waals surface area contributed by atoms with Gasteiger partial charge in [0.25, 0.3) is 5.91 Å². The molecule has 1 amide bonds. The Bertz CT molecular complexity index is 1100. The van der Waals surface area contributed by atoms with Crippen molar-refractivity contribution in [3.05, 3.63) is 78.2 Å². The van der Waals surface area contributed by atoms with Crippen molar-refractivity contribution < 1.29 is 9.32 Å². The van der Waals surface area contributed by atoms with Gasteiger partial charge in [0.05, 0.1) is 6.54 Å². The minimum atomic E-state index is -0.148. The predicted molar refractivity (Wildman–Crippen MR) is 102 cm³/mol. The highest BCUT2D eigenvalue weighted by Gasteiger charge is 2.17. The minimum absolute atomic E-state index is 0.148. The van der Waals surface area contributed by atoms with Crippen LogP contribution in [0.15, 0.2) is 65.7 Å². The molecule has 0 aliphatic carbocycles. The summed E-state index contributed by atoms with van der Waals surface area (Å²) in [6, 6.07) is 15.1. The number of benzene rings is 2. The Hall–Kier alpha value is -3.81. The summed E-state index contributed by atoms with van der Waals surface area (Å²) in [4.78, 5) is 18.7. The van der Waals surface area contributed by atoms with E-state index in [1.165, 1.54) is 0 Å². The largest absolute Gasteiger partial charge is 0.337 e. The first-order valence-electron chi connectivity index (χ1n) is 8.70. The van der Waals surface area contributed by atoms with Crippen LogP contribution in [0.4, 0.5) is 0 Å². The van der Waals surface area contributed by atoms with Gasteiger partial charge in [0.2, 0.25) is 11.7 Å². The van der Waals surface area contributed by atoms with Gasteiger partial charge in [-0.05, 0) is 31.2 Å². The maximum atomic E-state index is 12.8. The van der Waals surface area contributed by atoms with Gasteiger partial charge in [0.1, 0.15) is 12.7 Å². The first-order chi connectivity index (χ1) is 13.6. The number of carbonyl (C=O) groups excluding carboxylic acids is 1. The Kier molecular flexibility index (Phi) is 4.67. The normalized spacial score (nSPS) is 10.8. The molecule has 0 fully saturated rings. The number of aryl methyl sites for hydroxylation is 1. The lowest BCUT2D eigenvalue weighted by molar-refractivity contribution is 0.0769. The molecule has 0 saturated heterocycles. The van der Waals surface area contributed by atoms with E-state index in [1.54, 1.807) is 41.3 Å². The summed E-state index contributed by atoms with van der Waals surface area (Å²) >= 11 is 0. The van der Waals surface area contributed by atoms with Gasteiger partial charge in [-0.15, -0.1) is 10.2 Å². The van der Waals surface area contributed by atoms with Crippen LogP contribution >= 0.6 is 0 Å². The molecule has 0 N–H and O–H groups in total. The monoisotopic (exact) mass is 374 g/mol. The van der Waals surface area contributed by atoms with Gasteiger partial charge in [-0.1, -0.05) is 35.0 Å². The third-order valence-corrected chi connectivity index (χ3v) is 4.27. The van der Waals surface area contributed by atoms with E-state index in [-0.39, 0.29) is 12.5 Å². The molecule has 0 aliphatic heterocycles. The lowest BCUT2D eigenvalue weighted by atomic mass is 10.1. The van der Waals surface area contributed by atoms with Crippen molar-refractivity contribution in [1.29, 1.82) is 0 Å². The Morgan fingerprint density at radius 2 is 1.89 bits per heavy atom. The fraction of sp³-hybridized carbons (Fsp3) is 0.150. The molecule has 0 radical (unpaired) electrons. The van der Waals surface area contributed by atoms with Gasteiger partial charge in [-0.2, -0.15) is 4.98 Å². The summed E-state index contributed by atoms with van der Waals surface area (Å²) in [5.41, 5.74) is 3.35. The zero-order valence-electron chi connectivity index (χ0n) is 15.5. The van der Waals surface area contributed by atoms with E-state index < -0.39 is 0 Å². The topological polar surface area (TPSA) is 89.9 Å². The van der Waals surface area contributed by atoms with Crippen LogP contribution in [0.5, 0.6) is 0 Å². The molecule has 4 aromatic rings. The molecule has 0 spiro atoms. The Morgan fingerprint density at radius 3 is 2.68 bits per heavy atom. The van der Waals surface area contributed by atoms with Gasteiger partial charge < -0.3 is 9.42 Å². The maximum Gasteiger partial charge on any atom is 0.254 e. The fourth-order valence-electron chi connectivity index (χ4n) is 2.85. The molecule has 2 heterocycles. The molecule has 0 aliphatic rings. The lowest BCUT2D eigenvalue weighted by Gasteiger charge is -2.15. The molecule has 0 saturated carbocycles. The van der Waals surface area contributed by atoms with Crippen molar-refractivity contribution in [2.75, 3.05) is 7.05 Å². The third-order valence-electron chi connectivity index (χ3n) is 4.27. The molecule has 0 unspecified atom stereocenters. The zero-order chi connectivity index (χ0) is 19.5. The fourth-order valence-corrected chi connectivity index (χ4v) is 2.85. The summed E-state index contributed by atoms with van der Waals surface area (Å²) < 4.78 is 7.06. The van der Waals surface area contributed by atoms with Crippen LogP contribution in [0.1, 0.15) is 21.8 Å². The van der Waals surface area contributed by atoms with Gasteiger partial charge in [0, 0.05) is 23.9 Å². The summed E-state index contributed by atoms with van der Waals surface area (Å²) in [6.45, 7) is 2.22. The molecule has 4 rings (SSSR count). The molecular formula is C20H18N6O2. The lowest BCUT2D eigenvalue weighted by Crippen LogP contribution is -2.26. The Morgan fingerprint density at radius 1 is 1.11 bits per heavy atom. The first-order valence-corrected chi connectivity index (χ1v) is 8.70. The highest BCUT2D eigenvalue weighted by molar-refractivity contribution is 5.94. The SMILES string of the molecule is Cc1cccc(-c2noc(CN(C)C(=O)c3cccc(-n4cnnc4)c3)n2)c1. The molecule has 2 aromatic heterocycles. The molecule has 28 heavy (non-hydrogen) atoms. The first kappa shape index (κ1) is 17.6. The summed E-state index contributed by atoms with van der Waals surface area (Å²) in [5, 5.41) is 11.6. The van der Waals surface area contributed by atoms with Gasteiger partial charge in [-0.25, -0.2) is 0 Å². The molecule has 8 nitrogen and oxygen atoms in total. The molecule has 8 heteroatoms. The number of hydrogen-bond donors (Lipinski definition) is 0. The van der Waals surface area contributed by atoms with E-state index in [0.29, 0.717) is 17.3 Å².